The first-order valence-corrected chi connectivity index (χ1v) is 14.7. The molecule has 1 saturated heterocycles. The third-order valence-corrected chi connectivity index (χ3v) is 10.4. The topological polar surface area (TPSA) is 143 Å². The molecule has 2 bridgehead atoms. The van der Waals surface area contributed by atoms with E-state index in [2.05, 4.69) is 0 Å². The van der Waals surface area contributed by atoms with Crippen LogP contribution in [0.3, 0.4) is 0 Å². The predicted octanol–water partition coefficient (Wildman–Crippen LogP) is 1.86. The summed E-state index contributed by atoms with van der Waals surface area (Å²) in [6.45, 7) is 6.45. The Bertz CT molecular complexity index is 1200. The largest absolute Gasteiger partial charge is 0.455 e. The molecular formula is C29H38Ac2O9S. The summed E-state index contributed by atoms with van der Waals surface area (Å²) in [5.41, 5.74) is -5.72. The SMILES string of the molecule is CSCOC1CC2OCC2(O)C2C(OC(=O)c3ccccc3)C3(O)CC(O)C(C)=C(C(O)C(=O)[C@]12C)C3(C)C.[Ac].[Ac]. The average molecular weight is 1020 g/mol. The van der Waals surface area contributed by atoms with Gasteiger partial charge in [-0.3, -0.25) is 4.79 Å². The number of aliphatic hydroxyl groups is 4. The quantitative estimate of drug-likeness (QED) is 0.196. The fourth-order valence-corrected chi connectivity index (χ4v) is 7.94. The molecule has 2 radical (unpaired) electrons. The molecule has 2 saturated carbocycles. The van der Waals surface area contributed by atoms with Gasteiger partial charge >= 0.3 is 5.97 Å². The van der Waals surface area contributed by atoms with Crippen molar-refractivity contribution in [1.82, 2.24) is 0 Å². The first kappa shape index (κ1) is 36.6. The van der Waals surface area contributed by atoms with Crippen molar-refractivity contribution in [3.05, 3.63) is 47.0 Å². The normalized spacial score (nSPS) is 40.9. The van der Waals surface area contributed by atoms with Gasteiger partial charge < -0.3 is 34.6 Å². The van der Waals surface area contributed by atoms with Crippen molar-refractivity contribution in [3.8, 4) is 0 Å². The van der Waals surface area contributed by atoms with Crippen LogP contribution in [0, 0.1) is 105 Å². The van der Waals surface area contributed by atoms with E-state index in [-0.39, 0.29) is 125 Å². The molecule has 0 aromatic heterocycles. The molecular weight excluding hydrogens is 978 g/mol. The first-order chi connectivity index (χ1) is 18.2. The van der Waals surface area contributed by atoms with Crippen LogP contribution in [-0.4, -0.2) is 92.7 Å². The van der Waals surface area contributed by atoms with E-state index in [1.807, 2.05) is 6.26 Å². The summed E-state index contributed by atoms with van der Waals surface area (Å²) in [6, 6.07) is 8.28. The molecule has 9 nitrogen and oxygen atoms in total. The summed E-state index contributed by atoms with van der Waals surface area (Å²) in [7, 11) is 0. The number of Topliss-reactive ketones (excluding diaryl/α,β-unsaturated/α-hetero) is 1. The maximum atomic E-state index is 14.5. The second-order valence-corrected chi connectivity index (χ2v) is 13.0. The molecule has 1 aromatic carbocycles. The van der Waals surface area contributed by atoms with Crippen molar-refractivity contribution < 1.29 is 132 Å². The zero-order valence-electron chi connectivity index (χ0n) is 24.1. The van der Waals surface area contributed by atoms with Crippen molar-refractivity contribution in [2.45, 2.75) is 82.3 Å². The van der Waals surface area contributed by atoms with E-state index in [4.69, 9.17) is 14.2 Å². The van der Waals surface area contributed by atoms with Crippen LogP contribution < -0.4 is 0 Å². The Hall–Kier alpha value is 1.09. The fourth-order valence-electron chi connectivity index (χ4n) is 7.64. The minimum atomic E-state index is -1.98. The molecule has 9 atom stereocenters. The zero-order chi connectivity index (χ0) is 28.5. The second kappa shape index (κ2) is 13.1. The van der Waals surface area contributed by atoms with Gasteiger partial charge in [-0.15, -0.1) is 11.8 Å². The van der Waals surface area contributed by atoms with Gasteiger partial charge in [-0.25, -0.2) is 4.79 Å². The number of aliphatic hydroxyl groups excluding tert-OH is 2. The molecule has 12 heteroatoms. The van der Waals surface area contributed by atoms with Crippen LogP contribution in [0.4, 0.5) is 0 Å². The molecule has 0 amide bonds. The Balaban J connectivity index is 0.00000231. The summed E-state index contributed by atoms with van der Waals surface area (Å²) in [4.78, 5) is 28.0. The van der Waals surface area contributed by atoms with Crippen molar-refractivity contribution in [2.75, 3.05) is 18.8 Å². The maximum Gasteiger partial charge on any atom is 0.338 e. The number of hydrogen-bond acceptors (Lipinski definition) is 10. The van der Waals surface area contributed by atoms with E-state index in [0.29, 0.717) is 5.57 Å². The second-order valence-electron chi connectivity index (χ2n) is 12.2. The van der Waals surface area contributed by atoms with Gasteiger partial charge in [0.25, 0.3) is 0 Å². The Kier molecular flexibility index (Phi) is 11.7. The van der Waals surface area contributed by atoms with Crippen LogP contribution in [-0.2, 0) is 19.0 Å². The van der Waals surface area contributed by atoms with Crippen molar-refractivity contribution in [2.24, 2.45) is 16.7 Å². The molecule has 1 aromatic rings. The molecule has 5 rings (SSSR count). The summed E-state index contributed by atoms with van der Waals surface area (Å²) < 4.78 is 18.1. The van der Waals surface area contributed by atoms with Gasteiger partial charge in [0.05, 0.1) is 41.8 Å². The Morgan fingerprint density at radius 3 is 2.32 bits per heavy atom. The number of esters is 1. The number of hydrogen-bond donors (Lipinski definition) is 4. The molecule has 8 unspecified atom stereocenters. The Morgan fingerprint density at radius 2 is 1.76 bits per heavy atom. The summed E-state index contributed by atoms with van der Waals surface area (Å²) in [5.74, 6) is -2.32. The monoisotopic (exact) mass is 1020 g/mol. The van der Waals surface area contributed by atoms with Crippen LogP contribution in [0.1, 0.15) is 50.9 Å². The van der Waals surface area contributed by atoms with Gasteiger partial charge in [-0.1, -0.05) is 32.0 Å². The van der Waals surface area contributed by atoms with Gasteiger partial charge in [-0.2, -0.15) is 0 Å². The predicted molar refractivity (Wildman–Crippen MR) is 143 cm³/mol. The van der Waals surface area contributed by atoms with E-state index in [1.54, 1.807) is 58.0 Å². The average Bonchev–Trinajstić information content (AvgIpc) is 2.89. The summed E-state index contributed by atoms with van der Waals surface area (Å²) in [5, 5.41) is 47.5. The number of carbonyl (C=O) groups is 2. The van der Waals surface area contributed by atoms with Crippen molar-refractivity contribution in [1.29, 1.82) is 0 Å². The van der Waals surface area contributed by atoms with Crippen LogP contribution >= 0.6 is 11.8 Å². The van der Waals surface area contributed by atoms with Gasteiger partial charge in [-0.05, 0) is 43.4 Å². The van der Waals surface area contributed by atoms with E-state index in [1.165, 1.54) is 11.8 Å². The van der Waals surface area contributed by atoms with Gasteiger partial charge in [0.1, 0.15) is 23.4 Å². The van der Waals surface area contributed by atoms with Crippen LogP contribution in [0.5, 0.6) is 0 Å². The van der Waals surface area contributed by atoms with Crippen LogP contribution in [0.2, 0.25) is 0 Å². The molecule has 4 N–H and O–H groups in total. The number of thioether (sulfide) groups is 1. The number of rotatable bonds is 5. The Labute approximate surface area is 316 Å². The van der Waals surface area contributed by atoms with E-state index in [0.717, 1.165) is 0 Å². The molecule has 1 heterocycles. The smallest absolute Gasteiger partial charge is 0.338 e. The van der Waals surface area contributed by atoms with Gasteiger partial charge in [0.15, 0.2) is 5.78 Å². The molecule has 4 aliphatic rings. The molecule has 3 aliphatic carbocycles. The third kappa shape index (κ3) is 5.48. The summed E-state index contributed by atoms with van der Waals surface area (Å²) >= 11 is 1.41. The standard InChI is InChI=1S/C29H38O9S.2Ac/c1-15-17(30)12-29(35)24(38-25(33)16-9-7-6-8-10-16)22-27(4,23(32)21(31)20(15)26(29,2)3)18(37-14-39-5)11-19-28(22,34)13-36-19;;/h6-10,17-19,21-22,24,30-31,34-35H,11-14H2,1-5H3;;/t17?,18?,19?,21?,22?,24?,27-,28?,29?;;/m1../s1. The fraction of sp³-hybridized carbons (Fsp3) is 0.655. The van der Waals surface area contributed by atoms with Crippen molar-refractivity contribution >= 4 is 23.5 Å². The van der Waals surface area contributed by atoms with E-state index < -0.39 is 70.2 Å². The van der Waals surface area contributed by atoms with Gasteiger partial charge in [0.2, 0.25) is 0 Å². The number of benzene rings is 1. The molecule has 3 fully saturated rings. The number of ether oxygens (including phenoxy) is 3. The molecule has 1 aliphatic heterocycles. The minimum Gasteiger partial charge on any atom is -0.455 e. The molecule has 41 heavy (non-hydrogen) atoms. The first-order valence-electron chi connectivity index (χ1n) is 13.3. The van der Waals surface area contributed by atoms with Crippen LogP contribution in [0.25, 0.3) is 0 Å². The molecule has 0 spiro atoms. The van der Waals surface area contributed by atoms with Gasteiger partial charge in [0, 0.05) is 112 Å². The number of carbonyl (C=O) groups excluding carboxylic acids is 2. The van der Waals surface area contributed by atoms with E-state index in [9.17, 15) is 30.0 Å². The third-order valence-electron chi connectivity index (χ3n) is 10.00. The summed E-state index contributed by atoms with van der Waals surface area (Å²) in [6.07, 6.45) is -4.09. The molecule has 220 valence electrons. The minimum absolute atomic E-state index is 0. The maximum absolute atomic E-state index is 14.5. The number of ketones is 1. The Morgan fingerprint density at radius 1 is 1.12 bits per heavy atom. The van der Waals surface area contributed by atoms with E-state index >= 15 is 0 Å². The zero-order valence-corrected chi connectivity index (χ0v) is 34.4. The number of fused-ring (bicyclic) bond motifs is 5. The van der Waals surface area contributed by atoms with Crippen LogP contribution in [0.15, 0.2) is 41.5 Å². The van der Waals surface area contributed by atoms with Crippen molar-refractivity contribution in [3.63, 3.8) is 0 Å².